The van der Waals surface area contributed by atoms with E-state index in [1.807, 2.05) is 12.1 Å². The first kappa shape index (κ1) is 14.1. The number of ether oxygens (including phenoxy) is 2. The van der Waals surface area contributed by atoms with E-state index >= 15 is 0 Å². The van der Waals surface area contributed by atoms with Gasteiger partial charge in [0.25, 0.3) is 0 Å². The lowest BCUT2D eigenvalue weighted by molar-refractivity contribution is -0.119. The number of amides is 1. The van der Waals surface area contributed by atoms with Gasteiger partial charge >= 0.3 is 0 Å². The average molecular weight is 329 g/mol. The van der Waals surface area contributed by atoms with Gasteiger partial charge in [-0.3, -0.25) is 4.79 Å². The van der Waals surface area contributed by atoms with E-state index in [-0.39, 0.29) is 11.9 Å². The molecule has 0 aliphatic carbocycles. The molecule has 0 radical (unpaired) electrons. The third kappa shape index (κ3) is 3.39. The van der Waals surface area contributed by atoms with Gasteiger partial charge in [0.1, 0.15) is 0 Å². The van der Waals surface area contributed by atoms with Gasteiger partial charge in [-0.2, -0.15) is 0 Å². The molecule has 1 fully saturated rings. The van der Waals surface area contributed by atoms with E-state index in [9.17, 15) is 4.79 Å². The zero-order chi connectivity index (χ0) is 13.8. The van der Waals surface area contributed by atoms with Crippen molar-refractivity contribution in [1.29, 1.82) is 0 Å². The van der Waals surface area contributed by atoms with E-state index < -0.39 is 0 Å². The van der Waals surface area contributed by atoms with Gasteiger partial charge in [0, 0.05) is 25.6 Å². The van der Waals surface area contributed by atoms with Gasteiger partial charge in [-0.15, -0.1) is 0 Å². The summed E-state index contributed by atoms with van der Waals surface area (Å²) in [6.45, 7) is 1.37. The van der Waals surface area contributed by atoms with Crippen molar-refractivity contribution in [3.05, 3.63) is 22.2 Å². The lowest BCUT2D eigenvalue weighted by Crippen LogP contribution is -2.30. The Labute approximate surface area is 120 Å². The van der Waals surface area contributed by atoms with Crippen molar-refractivity contribution < 1.29 is 14.3 Å². The van der Waals surface area contributed by atoms with Crippen LogP contribution < -0.4 is 20.1 Å². The zero-order valence-corrected chi connectivity index (χ0v) is 12.5. The maximum absolute atomic E-state index is 11.1. The van der Waals surface area contributed by atoms with Gasteiger partial charge in [-0.1, -0.05) is 0 Å². The molecule has 0 aromatic heterocycles. The summed E-state index contributed by atoms with van der Waals surface area (Å²) in [7, 11) is 3.22. The summed E-state index contributed by atoms with van der Waals surface area (Å²) < 4.78 is 11.4. The van der Waals surface area contributed by atoms with Gasteiger partial charge in [0.2, 0.25) is 5.91 Å². The molecule has 0 spiro atoms. The largest absolute Gasteiger partial charge is 0.493 e. The smallest absolute Gasteiger partial charge is 0.221 e. The second kappa shape index (κ2) is 6.25. The number of halogens is 1. The van der Waals surface area contributed by atoms with E-state index in [1.165, 1.54) is 0 Å². The molecule has 1 aliphatic rings. The van der Waals surface area contributed by atoms with Crippen LogP contribution in [0.2, 0.25) is 0 Å². The summed E-state index contributed by atoms with van der Waals surface area (Å²) in [5.41, 5.74) is 1.07. The minimum Gasteiger partial charge on any atom is -0.493 e. The quantitative estimate of drug-likeness (QED) is 0.858. The fraction of sp³-hybridized carbons (Fsp3) is 0.462. The fourth-order valence-corrected chi connectivity index (χ4v) is 2.74. The first-order valence-corrected chi connectivity index (χ1v) is 6.83. The van der Waals surface area contributed by atoms with Crippen LogP contribution in [0.4, 0.5) is 0 Å². The Kier molecular flexibility index (Phi) is 4.66. The van der Waals surface area contributed by atoms with Crippen LogP contribution in [0.5, 0.6) is 11.5 Å². The number of carbonyl (C=O) groups is 1. The topological polar surface area (TPSA) is 59.6 Å². The molecule has 2 N–H and O–H groups in total. The Morgan fingerprint density at radius 1 is 1.42 bits per heavy atom. The molecular formula is C13H17BrN2O3. The van der Waals surface area contributed by atoms with E-state index in [0.717, 1.165) is 10.0 Å². The number of methoxy groups -OCH3 is 2. The average Bonchev–Trinajstić information content (AvgIpc) is 2.81. The van der Waals surface area contributed by atoms with Crippen LogP contribution in [-0.2, 0) is 11.3 Å². The summed E-state index contributed by atoms with van der Waals surface area (Å²) in [6.07, 6.45) is 0.536. The molecule has 19 heavy (non-hydrogen) atoms. The molecule has 1 unspecified atom stereocenters. The lowest BCUT2D eigenvalue weighted by Gasteiger charge is -2.14. The molecule has 1 heterocycles. The zero-order valence-electron chi connectivity index (χ0n) is 11.0. The summed E-state index contributed by atoms with van der Waals surface area (Å²) in [5.74, 6) is 1.48. The van der Waals surface area contributed by atoms with Crippen molar-refractivity contribution >= 4 is 21.8 Å². The number of rotatable bonds is 5. The Hall–Kier alpha value is -1.27. The van der Waals surface area contributed by atoms with Crippen molar-refractivity contribution in [2.75, 3.05) is 20.8 Å². The molecule has 1 saturated heterocycles. The Bertz CT molecular complexity index is 479. The summed E-state index contributed by atoms with van der Waals surface area (Å²) in [5, 5.41) is 6.15. The van der Waals surface area contributed by atoms with Crippen LogP contribution in [-0.4, -0.2) is 32.7 Å². The van der Waals surface area contributed by atoms with Crippen molar-refractivity contribution in [2.45, 2.75) is 19.0 Å². The maximum Gasteiger partial charge on any atom is 0.221 e. The molecule has 104 valence electrons. The van der Waals surface area contributed by atoms with Crippen molar-refractivity contribution in [3.8, 4) is 11.5 Å². The van der Waals surface area contributed by atoms with Gasteiger partial charge in [0.15, 0.2) is 11.5 Å². The van der Waals surface area contributed by atoms with E-state index in [2.05, 4.69) is 26.6 Å². The fourth-order valence-electron chi connectivity index (χ4n) is 2.09. The maximum atomic E-state index is 11.1. The molecule has 0 saturated carbocycles. The number of hydrogen-bond acceptors (Lipinski definition) is 4. The van der Waals surface area contributed by atoms with Gasteiger partial charge in [-0.05, 0) is 33.6 Å². The molecule has 1 amide bonds. The molecule has 1 atom stereocenters. The SMILES string of the molecule is COc1cc(CNC2CNC(=O)C2)cc(Br)c1OC. The first-order valence-electron chi connectivity index (χ1n) is 6.04. The lowest BCUT2D eigenvalue weighted by atomic mass is 10.1. The Morgan fingerprint density at radius 2 is 2.21 bits per heavy atom. The molecule has 1 aromatic carbocycles. The highest BCUT2D eigenvalue weighted by molar-refractivity contribution is 9.10. The van der Waals surface area contributed by atoms with Crippen LogP contribution in [0.15, 0.2) is 16.6 Å². The molecule has 1 aromatic rings. The van der Waals surface area contributed by atoms with Gasteiger partial charge < -0.3 is 20.1 Å². The highest BCUT2D eigenvalue weighted by atomic mass is 79.9. The monoisotopic (exact) mass is 328 g/mol. The minimum atomic E-state index is 0.103. The number of nitrogens with one attached hydrogen (secondary N) is 2. The summed E-state index contributed by atoms with van der Waals surface area (Å²) >= 11 is 3.46. The normalized spacial score (nSPS) is 18.3. The highest BCUT2D eigenvalue weighted by Crippen LogP contribution is 2.36. The van der Waals surface area contributed by atoms with Crippen molar-refractivity contribution in [3.63, 3.8) is 0 Å². The molecule has 2 rings (SSSR count). The minimum absolute atomic E-state index is 0.103. The molecule has 0 bridgehead atoms. The Balaban J connectivity index is 2.04. The predicted octanol–water partition coefficient (Wildman–Crippen LogP) is 1.44. The van der Waals surface area contributed by atoms with Gasteiger partial charge in [0.05, 0.1) is 18.7 Å². The van der Waals surface area contributed by atoms with Crippen LogP contribution in [0.3, 0.4) is 0 Å². The molecule has 6 heteroatoms. The molecular weight excluding hydrogens is 312 g/mol. The van der Waals surface area contributed by atoms with Crippen LogP contribution in [0.1, 0.15) is 12.0 Å². The molecule has 1 aliphatic heterocycles. The number of carbonyl (C=O) groups excluding carboxylic acids is 1. The standard InChI is InChI=1S/C13H17BrN2O3/c1-18-11-4-8(3-10(14)13(11)19-2)6-15-9-5-12(17)16-7-9/h3-4,9,15H,5-7H2,1-2H3,(H,16,17). The van der Waals surface area contributed by atoms with E-state index in [4.69, 9.17) is 9.47 Å². The predicted molar refractivity (Wildman–Crippen MR) is 75.5 cm³/mol. The number of hydrogen-bond donors (Lipinski definition) is 2. The van der Waals surface area contributed by atoms with Gasteiger partial charge in [-0.25, -0.2) is 0 Å². The Morgan fingerprint density at radius 3 is 2.79 bits per heavy atom. The highest BCUT2D eigenvalue weighted by Gasteiger charge is 2.20. The third-order valence-electron chi connectivity index (χ3n) is 3.07. The second-order valence-electron chi connectivity index (χ2n) is 4.40. The second-order valence-corrected chi connectivity index (χ2v) is 5.25. The number of benzene rings is 1. The van der Waals surface area contributed by atoms with Crippen LogP contribution >= 0.6 is 15.9 Å². The first-order chi connectivity index (χ1) is 9.13. The summed E-state index contributed by atoms with van der Waals surface area (Å²) in [6, 6.07) is 4.11. The summed E-state index contributed by atoms with van der Waals surface area (Å²) in [4.78, 5) is 11.1. The van der Waals surface area contributed by atoms with E-state index in [0.29, 0.717) is 31.0 Å². The van der Waals surface area contributed by atoms with E-state index in [1.54, 1.807) is 14.2 Å². The van der Waals surface area contributed by atoms with Crippen molar-refractivity contribution in [2.24, 2.45) is 0 Å². The van der Waals surface area contributed by atoms with Crippen molar-refractivity contribution in [1.82, 2.24) is 10.6 Å². The molecule has 5 nitrogen and oxygen atoms in total. The van der Waals surface area contributed by atoms with Crippen LogP contribution in [0.25, 0.3) is 0 Å². The third-order valence-corrected chi connectivity index (χ3v) is 3.65. The van der Waals surface area contributed by atoms with Crippen LogP contribution in [0, 0.1) is 0 Å².